The number of rotatable bonds is 1. The summed E-state index contributed by atoms with van der Waals surface area (Å²) < 4.78 is 0. The summed E-state index contributed by atoms with van der Waals surface area (Å²) in [5, 5.41) is 9.82. The van der Waals surface area contributed by atoms with Crippen LogP contribution in [0, 0.1) is 5.41 Å². The van der Waals surface area contributed by atoms with Gasteiger partial charge in [0.05, 0.1) is 6.10 Å². The van der Waals surface area contributed by atoms with Crippen LogP contribution in [0.1, 0.15) is 32.1 Å². The van der Waals surface area contributed by atoms with Crippen LogP contribution in [0.4, 0.5) is 0 Å². The van der Waals surface area contributed by atoms with E-state index in [1.807, 2.05) is 0 Å². The molecule has 2 fully saturated rings. The Morgan fingerprint density at radius 3 is 2.73 bits per heavy atom. The van der Waals surface area contributed by atoms with Gasteiger partial charge in [0.25, 0.3) is 0 Å². The molecule has 1 spiro atoms. The molecule has 0 aromatic heterocycles. The fraction of sp³-hybridized carbons (Fsp3) is 0.750. The number of carbonyl (C=O) groups is 1. The number of piperidine rings is 1. The van der Waals surface area contributed by atoms with Crippen molar-refractivity contribution < 1.29 is 9.90 Å². The van der Waals surface area contributed by atoms with E-state index >= 15 is 0 Å². The SMILES string of the molecule is C=CC(=O)N1CC(O)CC2(CCCC2)C1. The van der Waals surface area contributed by atoms with Crippen LogP contribution in [-0.4, -0.2) is 35.1 Å². The van der Waals surface area contributed by atoms with E-state index in [1.54, 1.807) is 4.90 Å². The van der Waals surface area contributed by atoms with Crippen molar-refractivity contribution in [3.05, 3.63) is 12.7 Å². The van der Waals surface area contributed by atoms with Crippen molar-refractivity contribution in [2.45, 2.75) is 38.2 Å². The lowest BCUT2D eigenvalue weighted by Crippen LogP contribution is -2.50. The standard InChI is InChI=1S/C12H19NO2/c1-2-11(15)13-8-10(14)7-12(9-13)5-3-4-6-12/h2,10,14H,1,3-9H2. The Bertz CT molecular complexity index is 269. The third kappa shape index (κ3) is 2.07. The molecule has 1 N–H and O–H groups in total. The zero-order chi connectivity index (χ0) is 10.9. The van der Waals surface area contributed by atoms with Gasteiger partial charge >= 0.3 is 0 Å². The molecule has 0 aromatic carbocycles. The summed E-state index contributed by atoms with van der Waals surface area (Å²) in [6.45, 7) is 4.80. The minimum atomic E-state index is -0.347. The van der Waals surface area contributed by atoms with Gasteiger partial charge in [-0.25, -0.2) is 0 Å². The summed E-state index contributed by atoms with van der Waals surface area (Å²) in [6.07, 6.45) is 6.66. The van der Waals surface area contributed by atoms with Crippen LogP contribution < -0.4 is 0 Å². The van der Waals surface area contributed by atoms with Gasteiger partial charge in [0.2, 0.25) is 5.91 Å². The number of aliphatic hydroxyl groups is 1. The molecule has 1 heterocycles. The van der Waals surface area contributed by atoms with Crippen molar-refractivity contribution in [1.82, 2.24) is 4.90 Å². The highest BCUT2D eigenvalue weighted by Gasteiger charge is 2.41. The van der Waals surface area contributed by atoms with Crippen molar-refractivity contribution in [3.63, 3.8) is 0 Å². The smallest absolute Gasteiger partial charge is 0.246 e. The summed E-state index contributed by atoms with van der Waals surface area (Å²) in [6, 6.07) is 0. The first-order valence-electron chi connectivity index (χ1n) is 5.75. The van der Waals surface area contributed by atoms with Gasteiger partial charge in [-0.15, -0.1) is 0 Å². The van der Waals surface area contributed by atoms with Gasteiger partial charge in [-0.2, -0.15) is 0 Å². The fourth-order valence-electron chi connectivity index (χ4n) is 3.14. The molecular formula is C12H19NO2. The maximum atomic E-state index is 11.5. The van der Waals surface area contributed by atoms with Crippen LogP contribution >= 0.6 is 0 Å². The van der Waals surface area contributed by atoms with Gasteiger partial charge in [0.1, 0.15) is 0 Å². The maximum absolute atomic E-state index is 11.5. The summed E-state index contributed by atoms with van der Waals surface area (Å²) >= 11 is 0. The molecule has 1 amide bonds. The van der Waals surface area contributed by atoms with E-state index in [2.05, 4.69) is 6.58 Å². The Balaban J connectivity index is 2.09. The van der Waals surface area contributed by atoms with Gasteiger partial charge in [0, 0.05) is 13.1 Å². The molecule has 1 saturated heterocycles. The van der Waals surface area contributed by atoms with E-state index in [0.717, 1.165) is 25.8 Å². The Hall–Kier alpha value is -0.830. The van der Waals surface area contributed by atoms with Crippen molar-refractivity contribution in [2.24, 2.45) is 5.41 Å². The van der Waals surface area contributed by atoms with Crippen LogP contribution in [0.15, 0.2) is 12.7 Å². The lowest BCUT2D eigenvalue weighted by molar-refractivity contribution is -0.133. The Morgan fingerprint density at radius 1 is 1.47 bits per heavy atom. The molecule has 0 aromatic rings. The van der Waals surface area contributed by atoms with Crippen LogP contribution in [0.3, 0.4) is 0 Å². The highest BCUT2D eigenvalue weighted by Crippen LogP contribution is 2.44. The molecule has 3 nitrogen and oxygen atoms in total. The first kappa shape index (κ1) is 10.7. The minimum Gasteiger partial charge on any atom is -0.391 e. The van der Waals surface area contributed by atoms with Crippen molar-refractivity contribution in [2.75, 3.05) is 13.1 Å². The predicted octanol–water partition coefficient (Wildman–Crippen LogP) is 1.33. The predicted molar refractivity (Wildman–Crippen MR) is 58.3 cm³/mol. The zero-order valence-electron chi connectivity index (χ0n) is 9.11. The molecule has 1 aliphatic heterocycles. The number of hydrogen-bond acceptors (Lipinski definition) is 2. The second-order valence-electron chi connectivity index (χ2n) is 4.99. The maximum Gasteiger partial charge on any atom is 0.246 e. The Morgan fingerprint density at radius 2 is 2.13 bits per heavy atom. The van der Waals surface area contributed by atoms with E-state index in [-0.39, 0.29) is 17.4 Å². The molecule has 1 aliphatic carbocycles. The minimum absolute atomic E-state index is 0.0416. The molecule has 0 radical (unpaired) electrons. The molecular weight excluding hydrogens is 190 g/mol. The number of carbonyl (C=O) groups excluding carboxylic acids is 1. The molecule has 84 valence electrons. The summed E-state index contributed by atoms with van der Waals surface area (Å²) in [5.41, 5.74) is 0.205. The van der Waals surface area contributed by atoms with Gasteiger partial charge in [-0.1, -0.05) is 19.4 Å². The number of nitrogens with zero attached hydrogens (tertiary/aromatic N) is 1. The van der Waals surface area contributed by atoms with Gasteiger partial charge in [-0.3, -0.25) is 4.79 Å². The largest absolute Gasteiger partial charge is 0.391 e. The van der Waals surface area contributed by atoms with E-state index in [1.165, 1.54) is 18.9 Å². The van der Waals surface area contributed by atoms with Gasteiger partial charge < -0.3 is 10.0 Å². The van der Waals surface area contributed by atoms with Gasteiger partial charge in [-0.05, 0) is 30.8 Å². The number of β-amino-alcohol motifs (C(OH)–C–C–N with tert-alkyl or cyclic N) is 1. The number of likely N-dealkylation sites (tertiary alicyclic amines) is 1. The monoisotopic (exact) mass is 209 g/mol. The van der Waals surface area contributed by atoms with E-state index in [0.29, 0.717) is 6.54 Å². The van der Waals surface area contributed by atoms with Crippen LogP contribution in [0.25, 0.3) is 0 Å². The van der Waals surface area contributed by atoms with Crippen molar-refractivity contribution in [1.29, 1.82) is 0 Å². The third-order valence-corrected chi connectivity index (χ3v) is 3.78. The lowest BCUT2D eigenvalue weighted by Gasteiger charge is -2.42. The molecule has 2 rings (SSSR count). The molecule has 15 heavy (non-hydrogen) atoms. The highest BCUT2D eigenvalue weighted by atomic mass is 16.3. The molecule has 3 heteroatoms. The average Bonchev–Trinajstić information content (AvgIpc) is 2.63. The van der Waals surface area contributed by atoms with Crippen molar-refractivity contribution >= 4 is 5.91 Å². The average molecular weight is 209 g/mol. The fourth-order valence-corrected chi connectivity index (χ4v) is 3.14. The second kappa shape index (κ2) is 3.97. The molecule has 1 unspecified atom stereocenters. The number of aliphatic hydroxyl groups excluding tert-OH is 1. The van der Waals surface area contributed by atoms with Crippen molar-refractivity contribution in [3.8, 4) is 0 Å². The van der Waals surface area contributed by atoms with Crippen LogP contribution in [0.5, 0.6) is 0 Å². The Labute approximate surface area is 90.8 Å². The quantitative estimate of drug-likeness (QED) is 0.662. The Kier molecular flexibility index (Phi) is 2.83. The summed E-state index contributed by atoms with van der Waals surface area (Å²) in [5.74, 6) is -0.0416. The van der Waals surface area contributed by atoms with Crippen LogP contribution in [0.2, 0.25) is 0 Å². The lowest BCUT2D eigenvalue weighted by atomic mass is 9.77. The number of amides is 1. The number of hydrogen-bond donors (Lipinski definition) is 1. The molecule has 2 aliphatic rings. The summed E-state index contributed by atoms with van der Waals surface area (Å²) in [4.78, 5) is 13.3. The first-order valence-corrected chi connectivity index (χ1v) is 5.75. The van der Waals surface area contributed by atoms with E-state index in [4.69, 9.17) is 0 Å². The normalized spacial score (nSPS) is 29.4. The third-order valence-electron chi connectivity index (χ3n) is 3.78. The van der Waals surface area contributed by atoms with E-state index in [9.17, 15) is 9.90 Å². The molecule has 1 saturated carbocycles. The highest BCUT2D eigenvalue weighted by molar-refractivity contribution is 5.87. The first-order chi connectivity index (χ1) is 7.15. The molecule has 1 atom stereocenters. The molecule has 0 bridgehead atoms. The van der Waals surface area contributed by atoms with E-state index < -0.39 is 0 Å². The zero-order valence-corrected chi connectivity index (χ0v) is 9.11. The second-order valence-corrected chi connectivity index (χ2v) is 4.99. The summed E-state index contributed by atoms with van der Waals surface area (Å²) in [7, 11) is 0. The topological polar surface area (TPSA) is 40.5 Å². The van der Waals surface area contributed by atoms with Gasteiger partial charge in [0.15, 0.2) is 0 Å². The van der Waals surface area contributed by atoms with Crippen LogP contribution in [-0.2, 0) is 4.79 Å².